The van der Waals surface area contributed by atoms with Crippen LogP contribution in [0, 0.1) is 13.8 Å². The average Bonchev–Trinajstić information content (AvgIpc) is 2.80. The van der Waals surface area contributed by atoms with Crippen LogP contribution in [0.3, 0.4) is 0 Å². The van der Waals surface area contributed by atoms with E-state index in [0.29, 0.717) is 44.8 Å². The van der Waals surface area contributed by atoms with Crippen molar-refractivity contribution in [3.8, 4) is 17.0 Å². The van der Waals surface area contributed by atoms with Crippen molar-refractivity contribution in [1.82, 2.24) is 4.98 Å². The first-order valence-electron chi connectivity index (χ1n) is 9.98. The monoisotopic (exact) mass is 407 g/mol. The van der Waals surface area contributed by atoms with Gasteiger partial charge in [-0.15, -0.1) is 0 Å². The van der Waals surface area contributed by atoms with Crippen molar-refractivity contribution < 1.29 is 14.7 Å². The third-order valence-corrected chi connectivity index (χ3v) is 5.31. The van der Waals surface area contributed by atoms with E-state index < -0.39 is 0 Å². The number of aromatic hydroxyl groups is 1. The second-order valence-electron chi connectivity index (χ2n) is 7.33. The van der Waals surface area contributed by atoms with Gasteiger partial charge in [-0.05, 0) is 31.5 Å². The lowest BCUT2D eigenvalue weighted by Gasteiger charge is -2.18. The first kappa shape index (κ1) is 20.2. The van der Waals surface area contributed by atoms with Crippen molar-refractivity contribution in [2.45, 2.75) is 13.8 Å². The van der Waals surface area contributed by atoms with Gasteiger partial charge in [-0.25, -0.2) is 0 Å². The molecule has 0 aliphatic rings. The maximum Gasteiger partial charge on any atom is 0.195 e. The summed E-state index contributed by atoms with van der Waals surface area (Å²) in [4.78, 5) is 31.5. The molecule has 0 atom stereocenters. The number of benzene rings is 3. The second-order valence-corrected chi connectivity index (χ2v) is 7.33. The highest BCUT2D eigenvalue weighted by Crippen LogP contribution is 2.35. The number of pyridine rings is 1. The van der Waals surface area contributed by atoms with Gasteiger partial charge < -0.3 is 5.11 Å². The maximum atomic E-state index is 13.6. The van der Waals surface area contributed by atoms with Gasteiger partial charge in [-0.1, -0.05) is 72.8 Å². The highest BCUT2D eigenvalue weighted by Gasteiger charge is 2.27. The van der Waals surface area contributed by atoms with E-state index in [1.54, 1.807) is 86.6 Å². The number of phenolic OH excluding ortho intramolecular Hbond substituents is 1. The molecule has 0 fully saturated rings. The van der Waals surface area contributed by atoms with Gasteiger partial charge in [0.05, 0.1) is 11.3 Å². The Morgan fingerprint density at radius 3 is 1.71 bits per heavy atom. The summed E-state index contributed by atoms with van der Waals surface area (Å²) < 4.78 is 0. The van der Waals surface area contributed by atoms with E-state index in [1.165, 1.54) is 0 Å². The van der Waals surface area contributed by atoms with Gasteiger partial charge in [0.2, 0.25) is 0 Å². The van der Waals surface area contributed by atoms with Gasteiger partial charge in [-0.3, -0.25) is 14.6 Å². The molecule has 0 saturated heterocycles. The van der Waals surface area contributed by atoms with Crippen LogP contribution < -0.4 is 0 Å². The molecule has 1 aromatic heterocycles. The molecule has 0 unspecified atom stereocenters. The van der Waals surface area contributed by atoms with Crippen LogP contribution in [0.15, 0.2) is 84.9 Å². The van der Waals surface area contributed by atoms with Gasteiger partial charge >= 0.3 is 0 Å². The maximum absolute atomic E-state index is 13.6. The molecule has 0 radical (unpaired) electrons. The summed E-state index contributed by atoms with van der Waals surface area (Å²) in [5, 5.41) is 10.5. The molecule has 0 amide bonds. The SMILES string of the molecule is Cc1nc(-c2ccccc2O)c(C(=O)c2ccccc2)c(C)c1C(=O)c1ccccc1. The summed E-state index contributed by atoms with van der Waals surface area (Å²) >= 11 is 0. The van der Waals surface area contributed by atoms with Crippen LogP contribution in [0.25, 0.3) is 11.3 Å². The van der Waals surface area contributed by atoms with E-state index in [9.17, 15) is 14.7 Å². The molecule has 3 aromatic carbocycles. The van der Waals surface area contributed by atoms with Crippen LogP contribution in [-0.2, 0) is 0 Å². The summed E-state index contributed by atoms with van der Waals surface area (Å²) in [6.07, 6.45) is 0. The first-order chi connectivity index (χ1) is 15.0. The van der Waals surface area contributed by atoms with Crippen LogP contribution >= 0.6 is 0 Å². The zero-order chi connectivity index (χ0) is 22.0. The average molecular weight is 407 g/mol. The largest absolute Gasteiger partial charge is 0.507 e. The molecule has 4 rings (SSSR count). The Balaban J connectivity index is 2.00. The van der Waals surface area contributed by atoms with E-state index >= 15 is 0 Å². The van der Waals surface area contributed by atoms with Crippen molar-refractivity contribution in [2.75, 3.05) is 0 Å². The quantitative estimate of drug-likeness (QED) is 0.442. The number of hydrogen-bond donors (Lipinski definition) is 1. The van der Waals surface area contributed by atoms with E-state index in [-0.39, 0.29) is 17.3 Å². The van der Waals surface area contributed by atoms with Crippen molar-refractivity contribution in [1.29, 1.82) is 0 Å². The molecule has 152 valence electrons. The summed E-state index contributed by atoms with van der Waals surface area (Å²) in [7, 11) is 0. The third-order valence-electron chi connectivity index (χ3n) is 5.31. The number of phenols is 1. The molecule has 1 N–H and O–H groups in total. The fourth-order valence-corrected chi connectivity index (χ4v) is 3.80. The molecule has 4 nitrogen and oxygen atoms in total. The van der Waals surface area contributed by atoms with Crippen LogP contribution in [0.4, 0.5) is 0 Å². The third kappa shape index (κ3) is 3.76. The number of rotatable bonds is 5. The Kier molecular flexibility index (Phi) is 5.46. The molecule has 0 aliphatic carbocycles. The van der Waals surface area contributed by atoms with Gasteiger partial charge in [0.25, 0.3) is 0 Å². The molecular formula is C27H21NO3. The zero-order valence-electron chi connectivity index (χ0n) is 17.3. The van der Waals surface area contributed by atoms with E-state index in [0.717, 1.165) is 0 Å². The van der Waals surface area contributed by atoms with Crippen molar-refractivity contribution >= 4 is 11.6 Å². The van der Waals surface area contributed by atoms with E-state index in [1.807, 2.05) is 12.1 Å². The number of para-hydroxylation sites is 1. The molecule has 0 saturated carbocycles. The van der Waals surface area contributed by atoms with E-state index in [2.05, 4.69) is 4.98 Å². The lowest BCUT2D eigenvalue weighted by molar-refractivity contribution is 0.103. The molecule has 1 heterocycles. The van der Waals surface area contributed by atoms with Crippen LogP contribution in [-0.4, -0.2) is 21.7 Å². The number of carbonyl (C=O) groups excluding carboxylic acids is 2. The highest BCUT2D eigenvalue weighted by atomic mass is 16.3. The standard InChI is InChI=1S/C27H21NO3/c1-17-23(26(30)19-11-5-3-6-12-19)18(2)28-25(21-15-9-10-16-22(21)29)24(17)27(31)20-13-7-4-8-14-20/h3-16,29H,1-2H3. The van der Waals surface area contributed by atoms with Crippen molar-refractivity contribution in [3.05, 3.63) is 118 Å². The van der Waals surface area contributed by atoms with Gasteiger partial charge in [0.1, 0.15) is 5.75 Å². The first-order valence-corrected chi connectivity index (χ1v) is 9.98. The second kappa shape index (κ2) is 8.36. The number of ketones is 2. The van der Waals surface area contributed by atoms with E-state index in [4.69, 9.17) is 0 Å². The Morgan fingerprint density at radius 2 is 1.16 bits per heavy atom. The summed E-state index contributed by atoms with van der Waals surface area (Å²) in [5.74, 6) is -0.405. The molecule has 4 aromatic rings. The Bertz CT molecular complexity index is 1280. The predicted octanol–water partition coefficient (Wildman–Crippen LogP) is 5.53. The fourth-order valence-electron chi connectivity index (χ4n) is 3.80. The Hall–Kier alpha value is -4.05. The molecule has 0 spiro atoms. The molecule has 0 bridgehead atoms. The molecule has 31 heavy (non-hydrogen) atoms. The van der Waals surface area contributed by atoms with Crippen molar-refractivity contribution in [3.63, 3.8) is 0 Å². The number of hydrogen-bond acceptors (Lipinski definition) is 4. The van der Waals surface area contributed by atoms with Gasteiger partial charge in [-0.2, -0.15) is 0 Å². The minimum Gasteiger partial charge on any atom is -0.507 e. The summed E-state index contributed by atoms with van der Waals surface area (Å²) in [6, 6.07) is 24.6. The Labute approximate surface area is 180 Å². The van der Waals surface area contributed by atoms with Crippen LogP contribution in [0.1, 0.15) is 43.1 Å². The van der Waals surface area contributed by atoms with Gasteiger partial charge in [0.15, 0.2) is 11.6 Å². The minimum atomic E-state index is -0.244. The molecule has 0 aliphatic heterocycles. The smallest absolute Gasteiger partial charge is 0.195 e. The Morgan fingerprint density at radius 1 is 0.677 bits per heavy atom. The normalized spacial score (nSPS) is 10.6. The number of aromatic nitrogens is 1. The highest BCUT2D eigenvalue weighted by molar-refractivity contribution is 6.17. The minimum absolute atomic E-state index is 0.0260. The number of carbonyl (C=O) groups is 2. The lowest BCUT2D eigenvalue weighted by Crippen LogP contribution is -2.15. The molecular weight excluding hydrogens is 386 g/mol. The predicted molar refractivity (Wildman–Crippen MR) is 121 cm³/mol. The number of nitrogens with zero attached hydrogens (tertiary/aromatic N) is 1. The lowest BCUT2D eigenvalue weighted by atomic mass is 9.88. The zero-order valence-corrected chi connectivity index (χ0v) is 17.3. The van der Waals surface area contributed by atoms with Crippen LogP contribution in [0.2, 0.25) is 0 Å². The summed E-state index contributed by atoms with van der Waals surface area (Å²) in [5.41, 5.74) is 3.62. The number of aryl methyl sites for hydroxylation is 1. The fraction of sp³-hybridized carbons (Fsp3) is 0.0741. The van der Waals surface area contributed by atoms with Gasteiger partial charge in [0, 0.05) is 27.9 Å². The van der Waals surface area contributed by atoms with Crippen molar-refractivity contribution in [2.24, 2.45) is 0 Å². The summed E-state index contributed by atoms with van der Waals surface area (Å²) in [6.45, 7) is 3.52. The topological polar surface area (TPSA) is 67.3 Å². The van der Waals surface area contributed by atoms with Crippen LogP contribution in [0.5, 0.6) is 5.75 Å². The molecule has 4 heteroatoms.